The first-order valence-corrected chi connectivity index (χ1v) is 10.1. The third kappa shape index (κ3) is 4.08. The Bertz CT molecular complexity index is 1120. The van der Waals surface area contributed by atoms with Crippen molar-refractivity contribution < 1.29 is 18.4 Å². The highest BCUT2D eigenvalue weighted by Gasteiger charge is 2.14. The van der Waals surface area contributed by atoms with Crippen LogP contribution in [-0.4, -0.2) is 11.8 Å². The molecule has 0 radical (unpaired) electrons. The van der Waals surface area contributed by atoms with Crippen LogP contribution in [-0.2, 0) is 35.3 Å². The van der Waals surface area contributed by atoms with Gasteiger partial charge in [0.05, 0.1) is 25.4 Å². The number of carbonyl (C=O) groups is 2. The number of benzene rings is 2. The number of amides is 2. The van der Waals surface area contributed by atoms with E-state index >= 15 is 0 Å². The summed E-state index contributed by atoms with van der Waals surface area (Å²) >= 11 is 0. The Kier molecular flexibility index (Phi) is 5.57. The smallest absolute Gasteiger partial charge is 0.242 e. The number of rotatable bonds is 6. The number of furan rings is 2. The van der Waals surface area contributed by atoms with E-state index in [1.54, 1.807) is 12.5 Å². The summed E-state index contributed by atoms with van der Waals surface area (Å²) in [5, 5.41) is 1.81. The lowest BCUT2D eigenvalue weighted by molar-refractivity contribution is -0.128. The molecular weight excluding hydrogens is 380 g/mol. The monoisotopic (exact) mass is 404 g/mol. The van der Waals surface area contributed by atoms with Crippen molar-refractivity contribution in [2.75, 3.05) is 0 Å². The van der Waals surface area contributed by atoms with Crippen LogP contribution in [0.25, 0.3) is 21.9 Å². The Labute approximate surface area is 174 Å². The molecule has 4 aromatic rings. The normalized spacial score (nSPS) is 11.1. The van der Waals surface area contributed by atoms with Crippen LogP contribution in [0, 0.1) is 0 Å². The number of fused-ring (bicyclic) bond motifs is 2. The summed E-state index contributed by atoms with van der Waals surface area (Å²) in [4.78, 5) is 24.6. The van der Waals surface area contributed by atoms with E-state index in [1.165, 1.54) is 11.1 Å². The Balaban J connectivity index is 1.34. The van der Waals surface area contributed by atoms with Crippen molar-refractivity contribution >= 4 is 33.8 Å². The largest absolute Gasteiger partial charge is 0.464 e. The number of nitrogens with one attached hydrogen (secondary N) is 2. The van der Waals surface area contributed by atoms with Gasteiger partial charge in [-0.3, -0.25) is 20.4 Å². The molecular formula is C24H24N2O4. The van der Waals surface area contributed by atoms with Crippen molar-refractivity contribution in [1.29, 1.82) is 0 Å². The zero-order chi connectivity index (χ0) is 21.1. The molecule has 0 aliphatic heterocycles. The molecule has 0 fully saturated rings. The summed E-state index contributed by atoms with van der Waals surface area (Å²) in [7, 11) is 0. The maximum atomic E-state index is 12.3. The van der Waals surface area contributed by atoms with Gasteiger partial charge in [0.2, 0.25) is 11.8 Å². The van der Waals surface area contributed by atoms with E-state index < -0.39 is 0 Å². The molecule has 2 heterocycles. The van der Waals surface area contributed by atoms with E-state index in [0.29, 0.717) is 0 Å². The molecule has 154 valence electrons. The summed E-state index contributed by atoms with van der Waals surface area (Å²) in [5.74, 6) is -0.620. The molecule has 0 unspecified atom stereocenters. The van der Waals surface area contributed by atoms with E-state index in [9.17, 15) is 9.59 Å². The van der Waals surface area contributed by atoms with Gasteiger partial charge in [0.15, 0.2) is 0 Å². The van der Waals surface area contributed by atoms with Gasteiger partial charge in [-0.15, -0.1) is 0 Å². The minimum absolute atomic E-state index is 0.118. The second kappa shape index (κ2) is 8.45. The minimum atomic E-state index is -0.310. The van der Waals surface area contributed by atoms with Crippen LogP contribution in [0.15, 0.2) is 57.8 Å². The zero-order valence-electron chi connectivity index (χ0n) is 17.1. The maximum absolute atomic E-state index is 12.3. The molecule has 6 heteroatoms. The van der Waals surface area contributed by atoms with E-state index in [1.807, 2.05) is 36.4 Å². The van der Waals surface area contributed by atoms with Crippen molar-refractivity contribution in [3.8, 4) is 0 Å². The number of aryl methyl sites for hydroxylation is 2. The first-order chi connectivity index (χ1) is 14.6. The van der Waals surface area contributed by atoms with E-state index in [2.05, 4.69) is 24.7 Å². The van der Waals surface area contributed by atoms with E-state index in [0.717, 1.165) is 45.9 Å². The fraction of sp³-hybridized carbons (Fsp3) is 0.250. The van der Waals surface area contributed by atoms with E-state index in [4.69, 9.17) is 8.83 Å². The van der Waals surface area contributed by atoms with E-state index in [-0.39, 0.29) is 24.7 Å². The molecule has 0 saturated heterocycles. The van der Waals surface area contributed by atoms with Crippen molar-refractivity contribution in [2.45, 2.75) is 39.5 Å². The van der Waals surface area contributed by atoms with Gasteiger partial charge in [-0.25, -0.2) is 0 Å². The van der Waals surface area contributed by atoms with Crippen molar-refractivity contribution in [3.63, 3.8) is 0 Å². The van der Waals surface area contributed by atoms with Crippen molar-refractivity contribution in [2.24, 2.45) is 0 Å². The first-order valence-electron chi connectivity index (χ1n) is 10.1. The molecule has 0 aliphatic rings. The second-order valence-electron chi connectivity index (χ2n) is 7.34. The molecule has 2 aromatic heterocycles. The lowest BCUT2D eigenvalue weighted by Gasteiger charge is -2.06. The molecule has 2 aromatic carbocycles. The highest BCUT2D eigenvalue weighted by atomic mass is 16.3. The number of carbonyl (C=O) groups excluding carboxylic acids is 2. The standard InChI is InChI=1S/C24H24N2O4/c1-3-15-5-7-19-17(13-29-21(19)9-15)11-23(27)25-26-24(28)12-18-14-30-22-10-16(4-2)6-8-20(18)22/h5-10,13-14H,3-4,11-12H2,1-2H3,(H,25,27)(H,26,28). The maximum Gasteiger partial charge on any atom is 0.242 e. The fourth-order valence-corrected chi connectivity index (χ4v) is 3.54. The number of hydrogen-bond acceptors (Lipinski definition) is 4. The number of hydrazine groups is 1. The van der Waals surface area contributed by atoms with Gasteiger partial charge >= 0.3 is 0 Å². The Morgan fingerprint density at radius 2 is 1.17 bits per heavy atom. The minimum Gasteiger partial charge on any atom is -0.464 e. The van der Waals surface area contributed by atoms with Crippen LogP contribution in [0.1, 0.15) is 36.1 Å². The third-order valence-corrected chi connectivity index (χ3v) is 5.30. The molecule has 0 bridgehead atoms. The van der Waals surface area contributed by atoms with Gasteiger partial charge in [-0.1, -0.05) is 38.1 Å². The molecule has 2 amide bonds. The third-order valence-electron chi connectivity index (χ3n) is 5.30. The van der Waals surface area contributed by atoms with Crippen LogP contribution in [0.3, 0.4) is 0 Å². The Morgan fingerprint density at radius 1 is 0.733 bits per heavy atom. The SMILES string of the molecule is CCc1ccc2c(CC(=O)NNC(=O)Cc3coc4cc(CC)ccc34)coc2c1. The fourth-order valence-electron chi connectivity index (χ4n) is 3.54. The number of hydrogen-bond donors (Lipinski definition) is 2. The van der Waals surface area contributed by atoms with Gasteiger partial charge in [0.25, 0.3) is 0 Å². The lowest BCUT2D eigenvalue weighted by Crippen LogP contribution is -2.43. The predicted molar refractivity (Wildman–Crippen MR) is 115 cm³/mol. The van der Waals surface area contributed by atoms with Crippen molar-refractivity contribution in [3.05, 3.63) is 71.2 Å². The van der Waals surface area contributed by atoms with Gasteiger partial charge in [0.1, 0.15) is 11.2 Å². The molecule has 2 N–H and O–H groups in total. The molecule has 30 heavy (non-hydrogen) atoms. The van der Waals surface area contributed by atoms with Gasteiger partial charge in [-0.2, -0.15) is 0 Å². The second-order valence-corrected chi connectivity index (χ2v) is 7.34. The van der Waals surface area contributed by atoms with Gasteiger partial charge in [-0.05, 0) is 36.1 Å². The first kappa shape index (κ1) is 19.8. The van der Waals surface area contributed by atoms with Gasteiger partial charge < -0.3 is 8.83 Å². The highest BCUT2D eigenvalue weighted by molar-refractivity contribution is 5.91. The Morgan fingerprint density at radius 3 is 1.57 bits per heavy atom. The zero-order valence-corrected chi connectivity index (χ0v) is 17.1. The van der Waals surface area contributed by atoms with Crippen molar-refractivity contribution in [1.82, 2.24) is 10.9 Å². The summed E-state index contributed by atoms with van der Waals surface area (Å²) in [5.41, 5.74) is 10.4. The molecule has 0 spiro atoms. The average molecular weight is 404 g/mol. The predicted octanol–water partition coefficient (Wildman–Crippen LogP) is 4.24. The molecule has 4 rings (SSSR count). The molecule has 0 saturated carbocycles. The summed E-state index contributed by atoms with van der Waals surface area (Å²) < 4.78 is 11.1. The molecule has 6 nitrogen and oxygen atoms in total. The summed E-state index contributed by atoms with van der Waals surface area (Å²) in [6.07, 6.45) is 5.26. The Hall–Kier alpha value is -3.54. The molecule has 0 aliphatic carbocycles. The quantitative estimate of drug-likeness (QED) is 0.471. The topological polar surface area (TPSA) is 84.5 Å². The highest BCUT2D eigenvalue weighted by Crippen LogP contribution is 2.24. The lowest BCUT2D eigenvalue weighted by atomic mass is 10.1. The van der Waals surface area contributed by atoms with Crippen LogP contribution in [0.4, 0.5) is 0 Å². The summed E-state index contributed by atoms with van der Waals surface area (Å²) in [6.45, 7) is 4.16. The summed E-state index contributed by atoms with van der Waals surface area (Å²) in [6, 6.07) is 12.0. The van der Waals surface area contributed by atoms with Crippen LogP contribution in [0.2, 0.25) is 0 Å². The van der Waals surface area contributed by atoms with Gasteiger partial charge in [0, 0.05) is 21.9 Å². The molecule has 0 atom stereocenters. The average Bonchev–Trinajstić information content (AvgIpc) is 3.35. The van der Waals surface area contributed by atoms with Crippen LogP contribution in [0.5, 0.6) is 0 Å². The van der Waals surface area contributed by atoms with Crippen LogP contribution < -0.4 is 10.9 Å². The van der Waals surface area contributed by atoms with Crippen LogP contribution >= 0.6 is 0 Å².